The van der Waals surface area contributed by atoms with E-state index in [0.717, 1.165) is 16.4 Å². The van der Waals surface area contributed by atoms with Crippen LogP contribution in [0.15, 0.2) is 81.6 Å². The number of rotatable bonds is 7. The molecule has 0 N–H and O–H groups in total. The number of allylic oxidation sites excluding steroid dienone is 1. The van der Waals surface area contributed by atoms with Crippen LogP contribution in [-0.2, 0) is 12.3 Å². The molecule has 4 aromatic rings. The van der Waals surface area contributed by atoms with Gasteiger partial charge in [-0.3, -0.25) is 4.57 Å². The molecule has 0 radical (unpaired) electrons. The average Bonchev–Trinajstić information content (AvgIpc) is 3.42. The van der Waals surface area contributed by atoms with Gasteiger partial charge >= 0.3 is 0 Å². The Morgan fingerprint density at radius 1 is 1.08 bits per heavy atom. The first-order chi connectivity index (χ1) is 12.8. The number of hydrogen-bond donors (Lipinski definition) is 0. The smallest absolute Gasteiger partial charge is 0.226 e. The number of oxazole rings is 1. The lowest BCUT2D eigenvalue weighted by molar-refractivity contribution is 0.569. The Balaban J connectivity index is 1.52. The SMILES string of the molecule is C=CCn1c(SCc2coc(-c3ccccc3)n2)nnc1-c1ccco1. The lowest BCUT2D eigenvalue weighted by atomic mass is 10.2. The van der Waals surface area contributed by atoms with Gasteiger partial charge in [0.2, 0.25) is 11.7 Å². The second kappa shape index (κ2) is 7.45. The zero-order chi connectivity index (χ0) is 17.8. The topological polar surface area (TPSA) is 69.9 Å². The summed E-state index contributed by atoms with van der Waals surface area (Å²) in [4.78, 5) is 4.54. The van der Waals surface area contributed by atoms with E-state index in [9.17, 15) is 0 Å². The minimum absolute atomic E-state index is 0.597. The molecule has 4 rings (SSSR count). The van der Waals surface area contributed by atoms with E-state index in [1.54, 1.807) is 24.3 Å². The van der Waals surface area contributed by atoms with Crippen molar-refractivity contribution in [3.8, 4) is 23.0 Å². The molecule has 26 heavy (non-hydrogen) atoms. The van der Waals surface area contributed by atoms with Crippen molar-refractivity contribution in [2.75, 3.05) is 0 Å². The number of benzene rings is 1. The Bertz CT molecular complexity index is 990. The summed E-state index contributed by atoms with van der Waals surface area (Å²) in [6, 6.07) is 13.5. The van der Waals surface area contributed by atoms with E-state index in [0.29, 0.717) is 29.8 Å². The maximum absolute atomic E-state index is 5.58. The second-order valence-electron chi connectivity index (χ2n) is 5.48. The van der Waals surface area contributed by atoms with Gasteiger partial charge in [0.05, 0.1) is 12.0 Å². The molecule has 0 bridgehead atoms. The summed E-state index contributed by atoms with van der Waals surface area (Å²) in [7, 11) is 0. The van der Waals surface area contributed by atoms with Gasteiger partial charge in [0.1, 0.15) is 6.26 Å². The van der Waals surface area contributed by atoms with E-state index in [4.69, 9.17) is 8.83 Å². The third-order valence-electron chi connectivity index (χ3n) is 3.69. The van der Waals surface area contributed by atoms with Crippen molar-refractivity contribution in [1.29, 1.82) is 0 Å². The number of furan rings is 1. The van der Waals surface area contributed by atoms with E-state index >= 15 is 0 Å². The van der Waals surface area contributed by atoms with Crippen molar-refractivity contribution in [2.45, 2.75) is 17.5 Å². The lowest BCUT2D eigenvalue weighted by Gasteiger charge is -2.05. The van der Waals surface area contributed by atoms with Crippen molar-refractivity contribution in [3.63, 3.8) is 0 Å². The summed E-state index contributed by atoms with van der Waals surface area (Å²) in [6.07, 6.45) is 5.11. The van der Waals surface area contributed by atoms with E-state index in [1.165, 1.54) is 0 Å². The first kappa shape index (κ1) is 16.4. The molecule has 7 heteroatoms. The third kappa shape index (κ3) is 3.34. The first-order valence-electron chi connectivity index (χ1n) is 8.06. The third-order valence-corrected chi connectivity index (χ3v) is 4.69. The number of hydrogen-bond acceptors (Lipinski definition) is 6. The molecule has 0 saturated carbocycles. The normalized spacial score (nSPS) is 10.9. The van der Waals surface area contributed by atoms with E-state index in [1.807, 2.05) is 53.1 Å². The zero-order valence-electron chi connectivity index (χ0n) is 13.9. The van der Waals surface area contributed by atoms with Gasteiger partial charge in [0.15, 0.2) is 10.9 Å². The van der Waals surface area contributed by atoms with Crippen molar-refractivity contribution < 1.29 is 8.83 Å². The van der Waals surface area contributed by atoms with Gasteiger partial charge in [-0.1, -0.05) is 36.0 Å². The maximum atomic E-state index is 5.58. The minimum atomic E-state index is 0.597. The van der Waals surface area contributed by atoms with Gasteiger partial charge in [0, 0.05) is 17.9 Å². The molecular formula is C19H16N4O2S. The minimum Gasteiger partial charge on any atom is -0.461 e. The Kier molecular flexibility index (Phi) is 4.70. The summed E-state index contributed by atoms with van der Waals surface area (Å²) in [5.41, 5.74) is 1.81. The summed E-state index contributed by atoms with van der Waals surface area (Å²) in [5, 5.41) is 9.31. The van der Waals surface area contributed by atoms with Crippen LogP contribution in [0.4, 0.5) is 0 Å². The summed E-state index contributed by atoms with van der Waals surface area (Å²) in [6.45, 7) is 4.41. The molecule has 0 aliphatic carbocycles. The fourth-order valence-electron chi connectivity index (χ4n) is 2.50. The predicted molar refractivity (Wildman–Crippen MR) is 99.4 cm³/mol. The van der Waals surface area contributed by atoms with E-state index < -0.39 is 0 Å². The van der Waals surface area contributed by atoms with Crippen LogP contribution >= 0.6 is 11.8 Å². The predicted octanol–water partition coefficient (Wildman–Crippen LogP) is 4.67. The van der Waals surface area contributed by atoms with E-state index in [-0.39, 0.29) is 0 Å². The van der Waals surface area contributed by atoms with Crippen LogP contribution in [0.25, 0.3) is 23.0 Å². The molecule has 0 aliphatic heterocycles. The quantitative estimate of drug-likeness (QED) is 0.350. The fraction of sp³-hybridized carbons (Fsp3) is 0.105. The molecule has 3 heterocycles. The molecule has 3 aromatic heterocycles. The molecule has 130 valence electrons. The van der Waals surface area contributed by atoms with Gasteiger partial charge < -0.3 is 8.83 Å². The zero-order valence-corrected chi connectivity index (χ0v) is 14.7. The summed E-state index contributed by atoms with van der Waals surface area (Å²) in [5.74, 6) is 2.61. The first-order valence-corrected chi connectivity index (χ1v) is 9.04. The van der Waals surface area contributed by atoms with Crippen molar-refractivity contribution in [1.82, 2.24) is 19.7 Å². The molecule has 0 saturated heterocycles. The Labute approximate surface area is 154 Å². The highest BCUT2D eigenvalue weighted by atomic mass is 32.2. The van der Waals surface area contributed by atoms with Crippen LogP contribution in [-0.4, -0.2) is 19.7 Å². The van der Waals surface area contributed by atoms with Gasteiger partial charge in [0.25, 0.3) is 0 Å². The standard InChI is InChI=1S/C19H16N4O2S/c1-2-10-23-17(16-9-6-11-24-16)21-22-19(23)26-13-15-12-25-18(20-15)14-7-4-3-5-8-14/h2-9,11-12H,1,10,13H2. The second-order valence-corrected chi connectivity index (χ2v) is 6.42. The van der Waals surface area contributed by atoms with Gasteiger partial charge in [-0.15, -0.1) is 16.8 Å². The van der Waals surface area contributed by atoms with Crippen LogP contribution in [0.5, 0.6) is 0 Å². The largest absolute Gasteiger partial charge is 0.461 e. The number of nitrogens with zero attached hydrogens (tertiary/aromatic N) is 4. The highest BCUT2D eigenvalue weighted by Gasteiger charge is 2.16. The van der Waals surface area contributed by atoms with Crippen LogP contribution in [0.1, 0.15) is 5.69 Å². The van der Waals surface area contributed by atoms with E-state index in [2.05, 4.69) is 21.8 Å². The van der Waals surface area contributed by atoms with Crippen molar-refractivity contribution in [2.24, 2.45) is 0 Å². The maximum Gasteiger partial charge on any atom is 0.226 e. The van der Waals surface area contributed by atoms with Crippen molar-refractivity contribution >= 4 is 11.8 Å². The number of thioether (sulfide) groups is 1. The fourth-order valence-corrected chi connectivity index (χ4v) is 3.33. The van der Waals surface area contributed by atoms with Crippen LogP contribution in [0, 0.1) is 0 Å². The molecule has 0 atom stereocenters. The van der Waals surface area contributed by atoms with Gasteiger partial charge in [-0.2, -0.15) is 0 Å². The molecular weight excluding hydrogens is 348 g/mol. The molecule has 1 aromatic carbocycles. The van der Waals surface area contributed by atoms with Gasteiger partial charge in [-0.25, -0.2) is 4.98 Å². The van der Waals surface area contributed by atoms with Crippen LogP contribution in [0.3, 0.4) is 0 Å². The summed E-state index contributed by atoms with van der Waals surface area (Å²) < 4.78 is 13.0. The molecule has 0 spiro atoms. The molecule has 6 nitrogen and oxygen atoms in total. The molecule has 0 aliphatic rings. The molecule has 0 fully saturated rings. The summed E-state index contributed by atoms with van der Waals surface area (Å²) >= 11 is 1.54. The van der Waals surface area contributed by atoms with Crippen molar-refractivity contribution in [3.05, 3.63) is 73.3 Å². The lowest BCUT2D eigenvalue weighted by Crippen LogP contribution is -2.00. The monoisotopic (exact) mass is 364 g/mol. The average molecular weight is 364 g/mol. The van der Waals surface area contributed by atoms with Crippen LogP contribution in [0.2, 0.25) is 0 Å². The highest BCUT2D eigenvalue weighted by Crippen LogP contribution is 2.27. The Morgan fingerprint density at radius 3 is 2.73 bits per heavy atom. The van der Waals surface area contributed by atoms with Crippen LogP contribution < -0.4 is 0 Å². The molecule has 0 amide bonds. The van der Waals surface area contributed by atoms with Gasteiger partial charge in [-0.05, 0) is 24.3 Å². The highest BCUT2D eigenvalue weighted by molar-refractivity contribution is 7.98. The number of aromatic nitrogens is 4. The Morgan fingerprint density at radius 2 is 1.96 bits per heavy atom. The molecule has 0 unspecified atom stereocenters. The Hall–Kier alpha value is -3.06.